The van der Waals surface area contributed by atoms with E-state index >= 15 is 0 Å². The van der Waals surface area contributed by atoms with Crippen LogP contribution in [0.2, 0.25) is 0 Å². The third-order valence-electron chi connectivity index (χ3n) is 5.71. The molecule has 0 saturated carbocycles. The van der Waals surface area contributed by atoms with E-state index in [1.54, 1.807) is 12.1 Å². The Morgan fingerprint density at radius 1 is 0.944 bits per heavy atom. The first-order valence-electron chi connectivity index (χ1n) is 12.8. The second-order valence-corrected chi connectivity index (χ2v) is 8.31. The Morgan fingerprint density at radius 3 is 2.31 bits per heavy atom. The number of anilines is 3. The number of benzene rings is 1. The summed E-state index contributed by atoms with van der Waals surface area (Å²) < 4.78 is 16.6. The van der Waals surface area contributed by atoms with E-state index in [0.717, 1.165) is 25.9 Å². The number of morpholine rings is 1. The molecule has 1 aliphatic heterocycles. The van der Waals surface area contributed by atoms with E-state index in [1.165, 1.54) is 0 Å². The highest BCUT2D eigenvalue weighted by Crippen LogP contribution is 2.16. The van der Waals surface area contributed by atoms with Crippen LogP contribution in [0.5, 0.6) is 0 Å². The summed E-state index contributed by atoms with van der Waals surface area (Å²) in [5.74, 6) is 1.65. The van der Waals surface area contributed by atoms with E-state index < -0.39 is 0 Å². The lowest BCUT2D eigenvalue weighted by molar-refractivity contribution is 0.0519. The van der Waals surface area contributed by atoms with E-state index in [-0.39, 0.29) is 5.91 Å². The number of nitrogens with zero attached hydrogens (tertiary/aromatic N) is 4. The van der Waals surface area contributed by atoms with E-state index in [1.807, 2.05) is 18.2 Å². The zero-order valence-corrected chi connectivity index (χ0v) is 21.4. The van der Waals surface area contributed by atoms with Crippen molar-refractivity contribution in [3.63, 3.8) is 0 Å². The summed E-state index contributed by atoms with van der Waals surface area (Å²) in [5, 5.41) is 9.49. The van der Waals surface area contributed by atoms with Crippen LogP contribution >= 0.6 is 0 Å². The Kier molecular flexibility index (Phi) is 12.2. The highest BCUT2D eigenvalue weighted by molar-refractivity contribution is 5.94. The first kappa shape index (κ1) is 27.6. The van der Waals surface area contributed by atoms with Gasteiger partial charge in [0, 0.05) is 37.8 Å². The third-order valence-corrected chi connectivity index (χ3v) is 5.71. The minimum Gasteiger partial charge on any atom is -0.378 e. The Hall–Kier alpha value is -3.02. The molecule has 3 N–H and O–H groups in total. The van der Waals surface area contributed by atoms with Crippen molar-refractivity contribution in [2.75, 3.05) is 81.4 Å². The summed E-state index contributed by atoms with van der Waals surface area (Å²) in [5.41, 5.74) is 0.641. The van der Waals surface area contributed by atoms with Gasteiger partial charge in [0.2, 0.25) is 17.8 Å². The molecule has 0 spiro atoms. The van der Waals surface area contributed by atoms with Gasteiger partial charge < -0.3 is 35.1 Å². The number of amides is 1. The first-order valence-corrected chi connectivity index (χ1v) is 12.8. The zero-order valence-electron chi connectivity index (χ0n) is 21.4. The second-order valence-electron chi connectivity index (χ2n) is 8.31. The highest BCUT2D eigenvalue weighted by atomic mass is 16.5. The maximum atomic E-state index is 12.0. The van der Waals surface area contributed by atoms with Crippen LogP contribution < -0.4 is 20.9 Å². The van der Waals surface area contributed by atoms with Crippen molar-refractivity contribution in [3.05, 3.63) is 35.9 Å². The van der Waals surface area contributed by atoms with Gasteiger partial charge in [0.25, 0.3) is 5.91 Å². The average Bonchev–Trinajstić information content (AvgIpc) is 2.93. The molecule has 1 aromatic heterocycles. The molecule has 0 radical (unpaired) electrons. The minimum absolute atomic E-state index is 0.102. The van der Waals surface area contributed by atoms with Gasteiger partial charge in [0.15, 0.2) is 0 Å². The molecular weight excluding hydrogens is 462 g/mol. The number of carbonyl (C=O) groups excluding carboxylic acids is 1. The molecule has 1 aliphatic rings. The van der Waals surface area contributed by atoms with E-state index in [2.05, 4.69) is 49.6 Å². The molecule has 2 aromatic rings. The number of hydrogen-bond donors (Lipinski definition) is 3. The third kappa shape index (κ3) is 9.56. The molecule has 11 heteroatoms. The molecule has 1 aromatic carbocycles. The van der Waals surface area contributed by atoms with Crippen LogP contribution in [0.3, 0.4) is 0 Å². The summed E-state index contributed by atoms with van der Waals surface area (Å²) in [6.07, 6.45) is 1.99. The van der Waals surface area contributed by atoms with Crippen LogP contribution in [0.4, 0.5) is 17.8 Å². The molecule has 11 nitrogen and oxygen atoms in total. The van der Waals surface area contributed by atoms with Gasteiger partial charge in [0.05, 0.1) is 39.6 Å². The lowest BCUT2D eigenvalue weighted by atomic mass is 10.2. The molecule has 2 heterocycles. The Morgan fingerprint density at radius 2 is 1.61 bits per heavy atom. The fourth-order valence-electron chi connectivity index (χ4n) is 3.57. The van der Waals surface area contributed by atoms with Crippen molar-refractivity contribution >= 4 is 23.8 Å². The maximum Gasteiger partial charge on any atom is 0.251 e. The normalized spacial score (nSPS) is 13.6. The van der Waals surface area contributed by atoms with Crippen LogP contribution in [0, 0.1) is 0 Å². The van der Waals surface area contributed by atoms with Crippen molar-refractivity contribution in [1.82, 2.24) is 20.3 Å². The number of rotatable bonds is 16. The van der Waals surface area contributed by atoms with Crippen LogP contribution in [0.15, 0.2) is 30.3 Å². The topological polar surface area (TPSA) is 123 Å². The lowest BCUT2D eigenvalue weighted by Gasteiger charge is -2.27. The van der Waals surface area contributed by atoms with Gasteiger partial charge in [0.1, 0.15) is 0 Å². The predicted octanol–water partition coefficient (Wildman–Crippen LogP) is 2.18. The van der Waals surface area contributed by atoms with Crippen LogP contribution in [0.1, 0.15) is 37.0 Å². The van der Waals surface area contributed by atoms with E-state index in [9.17, 15) is 4.79 Å². The number of carbonyl (C=O) groups is 1. The van der Waals surface area contributed by atoms with Crippen molar-refractivity contribution in [3.8, 4) is 0 Å². The Bertz CT molecular complexity index is 893. The fourth-order valence-corrected chi connectivity index (χ4v) is 3.57. The first-order chi connectivity index (χ1) is 17.7. The molecule has 1 amide bonds. The number of nitrogens with one attached hydrogen (secondary N) is 3. The van der Waals surface area contributed by atoms with Gasteiger partial charge in [-0.25, -0.2) is 0 Å². The van der Waals surface area contributed by atoms with Gasteiger partial charge in [-0.2, -0.15) is 15.0 Å². The lowest BCUT2D eigenvalue weighted by Crippen LogP contribution is -2.37. The van der Waals surface area contributed by atoms with Crippen molar-refractivity contribution < 1.29 is 19.0 Å². The molecule has 0 atom stereocenters. The van der Waals surface area contributed by atoms with Crippen LogP contribution in [-0.4, -0.2) is 92.7 Å². The molecule has 0 unspecified atom stereocenters. The molecule has 36 heavy (non-hydrogen) atoms. The summed E-state index contributed by atoms with van der Waals surface area (Å²) in [6.45, 7) is 9.99. The largest absolute Gasteiger partial charge is 0.378 e. The number of ether oxygens (including phenoxy) is 3. The molecule has 1 saturated heterocycles. The van der Waals surface area contributed by atoms with Gasteiger partial charge in [-0.3, -0.25) is 4.79 Å². The summed E-state index contributed by atoms with van der Waals surface area (Å²) in [4.78, 5) is 27.9. The standard InChI is InChI=1S/C25H39N7O4/c1-3-21(4-2)28-24-29-23(30-25(31-24)32-12-16-36-17-13-32)27-11-15-35-19-18-34-14-10-26-22(33)20-8-6-5-7-9-20/h5-9,21H,3-4,10-19H2,1-2H3,(H,26,33)(H2,27,28,29,30,31). The van der Waals surface area contributed by atoms with Crippen molar-refractivity contribution in [2.45, 2.75) is 32.7 Å². The van der Waals surface area contributed by atoms with Crippen LogP contribution in [-0.2, 0) is 14.2 Å². The zero-order chi connectivity index (χ0) is 25.4. The molecular formula is C25H39N7O4. The smallest absolute Gasteiger partial charge is 0.251 e. The fraction of sp³-hybridized carbons (Fsp3) is 0.600. The maximum absolute atomic E-state index is 12.0. The molecule has 0 bridgehead atoms. The van der Waals surface area contributed by atoms with Crippen molar-refractivity contribution in [2.24, 2.45) is 0 Å². The SMILES string of the molecule is CCC(CC)Nc1nc(NCCOCCOCCNC(=O)c2ccccc2)nc(N2CCOCC2)n1. The Balaban J connectivity index is 1.34. The summed E-state index contributed by atoms with van der Waals surface area (Å²) in [7, 11) is 0. The van der Waals surface area contributed by atoms with Gasteiger partial charge in [-0.05, 0) is 25.0 Å². The highest BCUT2D eigenvalue weighted by Gasteiger charge is 2.17. The average molecular weight is 502 g/mol. The molecule has 0 aliphatic carbocycles. The number of aromatic nitrogens is 3. The van der Waals surface area contributed by atoms with Gasteiger partial charge in [-0.15, -0.1) is 0 Å². The summed E-state index contributed by atoms with van der Waals surface area (Å²) >= 11 is 0. The van der Waals surface area contributed by atoms with Crippen molar-refractivity contribution in [1.29, 1.82) is 0 Å². The monoisotopic (exact) mass is 501 g/mol. The Labute approximate surface area is 213 Å². The van der Waals surface area contributed by atoms with E-state index in [4.69, 9.17) is 14.2 Å². The molecule has 1 fully saturated rings. The predicted molar refractivity (Wildman–Crippen MR) is 140 cm³/mol. The molecule has 3 rings (SSSR count). The van der Waals surface area contributed by atoms with Crippen LogP contribution in [0.25, 0.3) is 0 Å². The van der Waals surface area contributed by atoms with E-state index in [0.29, 0.717) is 82.2 Å². The quantitative estimate of drug-likeness (QED) is 0.295. The minimum atomic E-state index is -0.102. The number of hydrogen-bond acceptors (Lipinski definition) is 10. The van der Waals surface area contributed by atoms with Gasteiger partial charge >= 0.3 is 0 Å². The second kappa shape index (κ2) is 15.9. The van der Waals surface area contributed by atoms with Gasteiger partial charge in [-0.1, -0.05) is 32.0 Å². The molecule has 198 valence electrons. The summed E-state index contributed by atoms with van der Waals surface area (Å²) in [6, 6.07) is 9.43.